The monoisotopic (exact) mass is 249 g/mol. The average Bonchev–Trinajstić information content (AvgIpc) is 2.33. The smallest absolute Gasteiger partial charge is 0.0589 e. The van der Waals surface area contributed by atoms with Gasteiger partial charge in [-0.3, -0.25) is 0 Å². The number of anilines is 1. The third kappa shape index (κ3) is 2.13. The molecule has 1 saturated heterocycles. The van der Waals surface area contributed by atoms with Crippen LogP contribution in [0.4, 0.5) is 5.69 Å². The van der Waals surface area contributed by atoms with Gasteiger partial charge in [0.25, 0.3) is 0 Å². The normalized spacial score (nSPS) is 19.1. The maximum atomic E-state index is 9.57. The summed E-state index contributed by atoms with van der Waals surface area (Å²) in [6.07, 6.45) is 0.981. The van der Waals surface area contributed by atoms with Crippen LogP contribution in [-0.4, -0.2) is 39.0 Å². The number of benzene rings is 1. The van der Waals surface area contributed by atoms with Gasteiger partial charge in [-0.2, -0.15) is 0 Å². The molecule has 1 unspecified atom stereocenters. The van der Waals surface area contributed by atoms with E-state index in [2.05, 4.69) is 36.1 Å². The maximum absolute atomic E-state index is 9.57. The summed E-state index contributed by atoms with van der Waals surface area (Å²) in [6.45, 7) is 3.82. The predicted octanol–water partition coefficient (Wildman–Crippen LogP) is 2.04. The van der Waals surface area contributed by atoms with Crippen molar-refractivity contribution in [2.45, 2.75) is 18.8 Å². The lowest BCUT2D eigenvalue weighted by Gasteiger charge is -2.47. The lowest BCUT2D eigenvalue weighted by molar-refractivity contribution is -0.101. The second-order valence-electron chi connectivity index (χ2n) is 5.38. The van der Waals surface area contributed by atoms with Crippen LogP contribution in [-0.2, 0) is 10.2 Å². The van der Waals surface area contributed by atoms with E-state index in [0.29, 0.717) is 0 Å². The van der Waals surface area contributed by atoms with Crippen molar-refractivity contribution in [3.8, 4) is 0 Å². The van der Waals surface area contributed by atoms with Gasteiger partial charge in [0.15, 0.2) is 0 Å². The highest BCUT2D eigenvalue weighted by Gasteiger charge is 2.45. The molecule has 1 fully saturated rings. The van der Waals surface area contributed by atoms with Gasteiger partial charge in [-0.15, -0.1) is 0 Å². The van der Waals surface area contributed by atoms with Gasteiger partial charge in [0.05, 0.1) is 13.2 Å². The minimum atomic E-state index is 0.0222. The number of nitrogens with zero attached hydrogens (tertiary/aromatic N) is 1. The van der Waals surface area contributed by atoms with E-state index in [-0.39, 0.29) is 17.9 Å². The summed E-state index contributed by atoms with van der Waals surface area (Å²) in [7, 11) is 4.08. The summed E-state index contributed by atoms with van der Waals surface area (Å²) in [6, 6.07) is 8.63. The highest BCUT2D eigenvalue weighted by Crippen LogP contribution is 2.41. The molecule has 3 nitrogen and oxygen atoms in total. The Hall–Kier alpha value is -1.06. The molecule has 0 aliphatic carbocycles. The third-order valence-corrected chi connectivity index (χ3v) is 4.17. The first kappa shape index (κ1) is 13.4. The van der Waals surface area contributed by atoms with Crippen LogP contribution in [0.15, 0.2) is 24.3 Å². The molecule has 0 bridgehead atoms. The Morgan fingerprint density at radius 1 is 1.28 bits per heavy atom. The number of rotatable bonds is 5. The molecule has 1 aliphatic heterocycles. The van der Waals surface area contributed by atoms with E-state index in [4.69, 9.17) is 4.74 Å². The highest BCUT2D eigenvalue weighted by atomic mass is 16.5. The van der Waals surface area contributed by atoms with Crippen LogP contribution < -0.4 is 4.90 Å². The predicted molar refractivity (Wildman–Crippen MR) is 74.1 cm³/mol. The third-order valence-electron chi connectivity index (χ3n) is 4.17. The quantitative estimate of drug-likeness (QED) is 0.867. The Labute approximate surface area is 109 Å². The maximum Gasteiger partial charge on any atom is 0.0589 e. The molecule has 0 amide bonds. The minimum absolute atomic E-state index is 0.0222. The molecule has 100 valence electrons. The minimum Gasteiger partial charge on any atom is -0.396 e. The Bertz CT molecular complexity index is 378. The largest absolute Gasteiger partial charge is 0.396 e. The van der Waals surface area contributed by atoms with Crippen LogP contribution in [0.2, 0.25) is 0 Å². The van der Waals surface area contributed by atoms with Crippen LogP contribution in [0.25, 0.3) is 0 Å². The number of hydrogen-bond acceptors (Lipinski definition) is 3. The first-order valence-corrected chi connectivity index (χ1v) is 6.60. The molecule has 18 heavy (non-hydrogen) atoms. The first-order chi connectivity index (χ1) is 8.64. The zero-order valence-electron chi connectivity index (χ0n) is 11.5. The van der Waals surface area contributed by atoms with Gasteiger partial charge in [-0.25, -0.2) is 0 Å². The second-order valence-corrected chi connectivity index (χ2v) is 5.38. The van der Waals surface area contributed by atoms with Crippen molar-refractivity contribution in [1.82, 2.24) is 0 Å². The summed E-state index contributed by atoms with van der Waals surface area (Å²) in [5.41, 5.74) is 2.51. The zero-order valence-corrected chi connectivity index (χ0v) is 11.5. The summed E-state index contributed by atoms with van der Waals surface area (Å²) >= 11 is 0. The fourth-order valence-electron chi connectivity index (χ4n) is 2.75. The molecule has 1 aromatic rings. The van der Waals surface area contributed by atoms with E-state index < -0.39 is 0 Å². The lowest BCUT2D eigenvalue weighted by atomic mass is 9.68. The second kappa shape index (κ2) is 5.29. The number of ether oxygens (including phenoxy) is 1. The van der Waals surface area contributed by atoms with E-state index in [1.165, 1.54) is 11.3 Å². The first-order valence-electron chi connectivity index (χ1n) is 6.60. The Morgan fingerprint density at radius 2 is 1.89 bits per heavy atom. The number of aliphatic hydroxyl groups excluding tert-OH is 1. The number of hydrogen-bond donors (Lipinski definition) is 1. The van der Waals surface area contributed by atoms with Crippen LogP contribution >= 0.6 is 0 Å². The topological polar surface area (TPSA) is 32.7 Å². The molecule has 0 aromatic heterocycles. The van der Waals surface area contributed by atoms with Gasteiger partial charge < -0.3 is 14.7 Å². The molecule has 1 N–H and O–H groups in total. The fraction of sp³-hybridized carbons (Fsp3) is 0.600. The molecule has 2 rings (SSSR count). The molecule has 3 heteroatoms. The molecular weight excluding hydrogens is 226 g/mol. The van der Waals surface area contributed by atoms with E-state index >= 15 is 0 Å². The van der Waals surface area contributed by atoms with Gasteiger partial charge >= 0.3 is 0 Å². The molecule has 0 spiro atoms. The van der Waals surface area contributed by atoms with Crippen molar-refractivity contribution in [2.75, 3.05) is 38.8 Å². The van der Waals surface area contributed by atoms with Crippen molar-refractivity contribution >= 4 is 5.69 Å². The zero-order chi connectivity index (χ0) is 13.2. The van der Waals surface area contributed by atoms with Crippen molar-refractivity contribution in [3.05, 3.63) is 29.8 Å². The van der Waals surface area contributed by atoms with Crippen LogP contribution in [0.1, 0.15) is 18.9 Å². The van der Waals surface area contributed by atoms with Crippen molar-refractivity contribution in [2.24, 2.45) is 5.92 Å². The van der Waals surface area contributed by atoms with Crippen molar-refractivity contribution in [3.63, 3.8) is 0 Å². The van der Waals surface area contributed by atoms with Crippen LogP contribution in [0, 0.1) is 5.92 Å². The summed E-state index contributed by atoms with van der Waals surface area (Å²) in [5.74, 6) is 0.288. The average molecular weight is 249 g/mol. The summed E-state index contributed by atoms with van der Waals surface area (Å²) in [5, 5.41) is 9.57. The standard InChI is InChI=1S/C15H23NO2/c1-4-12(9-17)15(10-18-11-15)13-5-7-14(8-6-13)16(2)3/h5-8,12,17H,4,9-11H2,1-3H3. The van der Waals surface area contributed by atoms with E-state index in [1.54, 1.807) is 0 Å². The molecule has 1 aromatic carbocycles. The Balaban J connectivity index is 2.27. The van der Waals surface area contributed by atoms with E-state index in [0.717, 1.165) is 19.6 Å². The van der Waals surface area contributed by atoms with E-state index in [1.807, 2.05) is 14.1 Å². The highest BCUT2D eigenvalue weighted by molar-refractivity contribution is 5.48. The lowest BCUT2D eigenvalue weighted by Crippen LogP contribution is -2.53. The molecule has 0 saturated carbocycles. The van der Waals surface area contributed by atoms with Gasteiger partial charge in [-0.05, 0) is 23.6 Å². The Morgan fingerprint density at radius 3 is 2.22 bits per heavy atom. The number of aliphatic hydroxyl groups is 1. The van der Waals surface area contributed by atoms with Crippen molar-refractivity contribution in [1.29, 1.82) is 0 Å². The molecule has 1 heterocycles. The van der Waals surface area contributed by atoms with Crippen LogP contribution in [0.5, 0.6) is 0 Å². The van der Waals surface area contributed by atoms with Gasteiger partial charge in [0.2, 0.25) is 0 Å². The summed E-state index contributed by atoms with van der Waals surface area (Å²) < 4.78 is 5.43. The molecule has 1 aliphatic rings. The molecular formula is C15H23NO2. The van der Waals surface area contributed by atoms with Gasteiger partial charge in [0.1, 0.15) is 0 Å². The molecule has 1 atom stereocenters. The van der Waals surface area contributed by atoms with Crippen molar-refractivity contribution < 1.29 is 9.84 Å². The van der Waals surface area contributed by atoms with Gasteiger partial charge in [-0.1, -0.05) is 25.5 Å². The summed E-state index contributed by atoms with van der Waals surface area (Å²) in [4.78, 5) is 2.09. The molecule has 0 radical (unpaired) electrons. The SMILES string of the molecule is CCC(CO)C1(c2ccc(N(C)C)cc2)COC1. The fourth-order valence-corrected chi connectivity index (χ4v) is 2.75. The van der Waals surface area contributed by atoms with Gasteiger partial charge in [0, 0.05) is 31.8 Å². The van der Waals surface area contributed by atoms with Crippen LogP contribution in [0.3, 0.4) is 0 Å². The Kier molecular flexibility index (Phi) is 3.93. The van der Waals surface area contributed by atoms with E-state index in [9.17, 15) is 5.11 Å².